The summed E-state index contributed by atoms with van der Waals surface area (Å²) in [4.78, 5) is 7.34. The topological polar surface area (TPSA) is 28.2 Å². The van der Waals surface area contributed by atoms with Crippen LogP contribution in [-0.4, -0.2) is 34.6 Å². The van der Waals surface area contributed by atoms with Crippen molar-refractivity contribution in [3.63, 3.8) is 0 Å². The number of nitrogens with zero attached hydrogens (tertiary/aromatic N) is 2. The first kappa shape index (κ1) is 15.9. The van der Waals surface area contributed by atoms with Crippen LogP contribution >= 0.6 is 11.3 Å². The van der Waals surface area contributed by atoms with Crippen LogP contribution in [0.4, 0.5) is 0 Å². The van der Waals surface area contributed by atoms with Crippen LogP contribution in [0.25, 0.3) is 0 Å². The Labute approximate surface area is 127 Å². The molecule has 1 atom stereocenters. The smallest absolute Gasteiger partial charge is 0.0926 e. The highest BCUT2D eigenvalue weighted by atomic mass is 32.1. The quantitative estimate of drug-likeness (QED) is 0.902. The van der Waals surface area contributed by atoms with Crippen molar-refractivity contribution < 1.29 is 0 Å². The van der Waals surface area contributed by atoms with E-state index in [0.29, 0.717) is 6.04 Å². The summed E-state index contributed by atoms with van der Waals surface area (Å²) in [5, 5.41) is 7.17. The molecule has 0 saturated carbocycles. The minimum absolute atomic E-state index is 0.207. The minimum Gasteiger partial charge on any atom is -0.311 e. The van der Waals surface area contributed by atoms with Crippen LogP contribution < -0.4 is 5.32 Å². The Kier molecular flexibility index (Phi) is 5.58. The second-order valence-corrected chi connectivity index (χ2v) is 7.78. The Balaban J connectivity index is 1.92. The Morgan fingerprint density at radius 3 is 2.85 bits per heavy atom. The minimum atomic E-state index is 0.207. The molecule has 0 radical (unpaired) electrons. The van der Waals surface area contributed by atoms with Crippen molar-refractivity contribution in [3.8, 4) is 0 Å². The highest BCUT2D eigenvalue weighted by molar-refractivity contribution is 7.09. The largest absolute Gasteiger partial charge is 0.311 e. The fourth-order valence-corrected chi connectivity index (χ4v) is 3.45. The van der Waals surface area contributed by atoms with Crippen LogP contribution in [-0.2, 0) is 13.0 Å². The molecule has 0 bridgehead atoms. The molecule has 1 aliphatic rings. The number of nitrogens with one attached hydrogen (secondary N) is 1. The van der Waals surface area contributed by atoms with Crippen LogP contribution in [0, 0.1) is 0 Å². The predicted octanol–water partition coefficient (Wildman–Crippen LogP) is 3.45. The van der Waals surface area contributed by atoms with Gasteiger partial charge in [0.05, 0.1) is 10.7 Å². The number of piperidine rings is 1. The summed E-state index contributed by atoms with van der Waals surface area (Å²) in [6, 6.07) is 0.662. The third-order valence-electron chi connectivity index (χ3n) is 3.88. The number of likely N-dealkylation sites (tertiary alicyclic amines) is 1. The van der Waals surface area contributed by atoms with Gasteiger partial charge in [0.25, 0.3) is 0 Å². The molecule has 114 valence electrons. The molecule has 4 heteroatoms. The molecule has 0 amide bonds. The van der Waals surface area contributed by atoms with Crippen molar-refractivity contribution >= 4 is 11.3 Å². The van der Waals surface area contributed by atoms with Gasteiger partial charge in [-0.1, -0.05) is 13.3 Å². The normalized spacial score (nSPS) is 21.3. The number of hydrogen-bond donors (Lipinski definition) is 1. The first-order chi connectivity index (χ1) is 9.48. The van der Waals surface area contributed by atoms with Crippen LogP contribution in [0.2, 0.25) is 0 Å². The lowest BCUT2D eigenvalue weighted by atomic mass is 10.0. The summed E-state index contributed by atoms with van der Waals surface area (Å²) in [5.41, 5.74) is 1.47. The fraction of sp³-hybridized carbons (Fsp3) is 0.812. The van der Waals surface area contributed by atoms with Crippen molar-refractivity contribution in [2.45, 2.75) is 71.5 Å². The van der Waals surface area contributed by atoms with Gasteiger partial charge < -0.3 is 5.32 Å². The highest BCUT2D eigenvalue weighted by Gasteiger charge is 2.24. The van der Waals surface area contributed by atoms with E-state index < -0.39 is 0 Å². The molecule has 1 aliphatic heterocycles. The third kappa shape index (κ3) is 4.83. The number of rotatable bonds is 5. The van der Waals surface area contributed by atoms with Gasteiger partial charge >= 0.3 is 0 Å². The van der Waals surface area contributed by atoms with Gasteiger partial charge in [-0.15, -0.1) is 11.3 Å². The maximum atomic E-state index is 4.72. The first-order valence-electron chi connectivity index (χ1n) is 7.90. The molecule has 3 nitrogen and oxygen atoms in total. The molecule has 0 aromatic carbocycles. The van der Waals surface area contributed by atoms with E-state index in [-0.39, 0.29) is 5.54 Å². The van der Waals surface area contributed by atoms with Gasteiger partial charge in [0, 0.05) is 30.1 Å². The van der Waals surface area contributed by atoms with Gasteiger partial charge in [0.2, 0.25) is 0 Å². The van der Waals surface area contributed by atoms with Gasteiger partial charge in [-0.2, -0.15) is 0 Å². The van der Waals surface area contributed by atoms with E-state index in [1.807, 2.05) is 0 Å². The SMILES string of the molecule is CCc1nc(CN2CCCCC2CNC(C)(C)C)cs1. The lowest BCUT2D eigenvalue weighted by Gasteiger charge is -2.37. The van der Waals surface area contributed by atoms with Crippen LogP contribution in [0.3, 0.4) is 0 Å². The van der Waals surface area contributed by atoms with Crippen molar-refractivity contribution in [1.29, 1.82) is 0 Å². The zero-order chi connectivity index (χ0) is 14.6. The molecule has 1 saturated heterocycles. The summed E-state index contributed by atoms with van der Waals surface area (Å²) in [7, 11) is 0. The van der Waals surface area contributed by atoms with Crippen molar-refractivity contribution in [1.82, 2.24) is 15.2 Å². The van der Waals surface area contributed by atoms with Crippen molar-refractivity contribution in [2.24, 2.45) is 0 Å². The molecule has 2 heterocycles. The van der Waals surface area contributed by atoms with Crippen molar-refractivity contribution in [3.05, 3.63) is 16.1 Å². The highest BCUT2D eigenvalue weighted by Crippen LogP contribution is 2.21. The molecule has 0 spiro atoms. The van der Waals surface area contributed by atoms with Crippen LogP contribution in [0.1, 0.15) is 57.7 Å². The maximum absolute atomic E-state index is 4.72. The summed E-state index contributed by atoms with van der Waals surface area (Å²) in [5.74, 6) is 0. The number of aryl methyl sites for hydroxylation is 1. The Hall–Kier alpha value is -0.450. The number of aromatic nitrogens is 1. The Morgan fingerprint density at radius 2 is 2.20 bits per heavy atom. The zero-order valence-corrected chi connectivity index (χ0v) is 14.2. The lowest BCUT2D eigenvalue weighted by Crippen LogP contribution is -2.49. The molecule has 1 fully saturated rings. The summed E-state index contributed by atoms with van der Waals surface area (Å²) in [6.07, 6.45) is 5.06. The van der Waals surface area contributed by atoms with Crippen LogP contribution in [0.15, 0.2) is 5.38 Å². The monoisotopic (exact) mass is 295 g/mol. The second-order valence-electron chi connectivity index (χ2n) is 6.84. The number of thiazole rings is 1. The summed E-state index contributed by atoms with van der Waals surface area (Å²) in [6.45, 7) is 12.2. The standard InChI is InChI=1S/C16H29N3S/c1-5-15-18-13(12-20-15)11-19-9-7-6-8-14(19)10-17-16(2,3)4/h12,14,17H,5-11H2,1-4H3. The van der Waals surface area contributed by atoms with E-state index in [1.54, 1.807) is 11.3 Å². The molecule has 0 aliphatic carbocycles. The van der Waals surface area contributed by atoms with E-state index in [1.165, 1.54) is 36.5 Å². The maximum Gasteiger partial charge on any atom is 0.0926 e. The molecule has 1 unspecified atom stereocenters. The van der Waals surface area contributed by atoms with Gasteiger partial charge in [-0.3, -0.25) is 4.90 Å². The average molecular weight is 295 g/mol. The average Bonchev–Trinajstić information content (AvgIpc) is 2.84. The molecular formula is C16H29N3S. The van der Waals surface area contributed by atoms with Gasteiger partial charge in [-0.25, -0.2) is 4.98 Å². The molecular weight excluding hydrogens is 266 g/mol. The Morgan fingerprint density at radius 1 is 1.40 bits per heavy atom. The summed E-state index contributed by atoms with van der Waals surface area (Å²) >= 11 is 1.80. The molecule has 1 N–H and O–H groups in total. The molecule has 1 aromatic rings. The Bertz CT molecular complexity index is 408. The van der Waals surface area contributed by atoms with Gasteiger partial charge in [-0.05, 0) is 46.6 Å². The van der Waals surface area contributed by atoms with Crippen molar-refractivity contribution in [2.75, 3.05) is 13.1 Å². The zero-order valence-electron chi connectivity index (χ0n) is 13.4. The second kappa shape index (κ2) is 7.01. The molecule has 20 heavy (non-hydrogen) atoms. The molecule has 2 rings (SSSR count). The van der Waals surface area contributed by atoms with Gasteiger partial charge in [0.1, 0.15) is 0 Å². The van der Waals surface area contributed by atoms with E-state index >= 15 is 0 Å². The van der Waals surface area contributed by atoms with E-state index in [2.05, 4.69) is 43.3 Å². The predicted molar refractivity (Wildman–Crippen MR) is 87.3 cm³/mol. The van der Waals surface area contributed by atoms with Gasteiger partial charge in [0.15, 0.2) is 0 Å². The fourth-order valence-electron chi connectivity index (χ4n) is 2.72. The lowest BCUT2D eigenvalue weighted by molar-refractivity contribution is 0.130. The third-order valence-corrected chi connectivity index (χ3v) is 4.93. The van der Waals surface area contributed by atoms with E-state index in [0.717, 1.165) is 19.5 Å². The molecule has 1 aromatic heterocycles. The van der Waals surface area contributed by atoms with E-state index in [9.17, 15) is 0 Å². The summed E-state index contributed by atoms with van der Waals surface area (Å²) < 4.78 is 0. The van der Waals surface area contributed by atoms with E-state index in [4.69, 9.17) is 4.98 Å². The van der Waals surface area contributed by atoms with Crippen LogP contribution in [0.5, 0.6) is 0 Å². The first-order valence-corrected chi connectivity index (χ1v) is 8.78. The number of hydrogen-bond acceptors (Lipinski definition) is 4.